The maximum atomic E-state index is 11.6. The molecule has 0 spiro atoms. The Labute approximate surface area is 101 Å². The maximum absolute atomic E-state index is 11.6. The minimum atomic E-state index is -0.261. The number of carbonyl (C=O) groups excluding carboxylic acids is 2. The molecule has 1 aliphatic heterocycles. The summed E-state index contributed by atoms with van der Waals surface area (Å²) in [5, 5.41) is 2.77. The van der Waals surface area contributed by atoms with Gasteiger partial charge < -0.3 is 5.32 Å². The van der Waals surface area contributed by atoms with Crippen molar-refractivity contribution in [3.05, 3.63) is 35.9 Å². The zero-order chi connectivity index (χ0) is 12.1. The summed E-state index contributed by atoms with van der Waals surface area (Å²) in [6, 6.07) is 9.69. The van der Waals surface area contributed by atoms with Crippen LogP contribution in [0.25, 0.3) is 0 Å². The molecule has 1 N–H and O–H groups in total. The summed E-state index contributed by atoms with van der Waals surface area (Å²) >= 11 is 0. The van der Waals surface area contributed by atoms with Crippen molar-refractivity contribution in [2.75, 3.05) is 13.1 Å². The molecule has 1 aromatic rings. The Morgan fingerprint density at radius 2 is 2.06 bits per heavy atom. The highest BCUT2D eigenvalue weighted by molar-refractivity contribution is 5.95. The summed E-state index contributed by atoms with van der Waals surface area (Å²) in [7, 11) is 0. The van der Waals surface area contributed by atoms with Crippen LogP contribution < -0.4 is 5.32 Å². The number of nitrogens with zero attached hydrogens (tertiary/aromatic N) is 1. The summed E-state index contributed by atoms with van der Waals surface area (Å²) in [5.74, 6) is -0.0674. The number of amides is 3. The molecule has 0 bridgehead atoms. The molecule has 0 radical (unpaired) electrons. The van der Waals surface area contributed by atoms with E-state index in [-0.39, 0.29) is 11.9 Å². The summed E-state index contributed by atoms with van der Waals surface area (Å²) < 4.78 is 0. The Morgan fingerprint density at radius 3 is 2.71 bits per heavy atom. The maximum Gasteiger partial charge on any atom is 0.324 e. The first kappa shape index (κ1) is 11.6. The van der Waals surface area contributed by atoms with Crippen LogP contribution in [0.4, 0.5) is 4.79 Å². The van der Waals surface area contributed by atoms with Crippen LogP contribution in [0.2, 0.25) is 0 Å². The van der Waals surface area contributed by atoms with E-state index in [0.29, 0.717) is 19.5 Å². The van der Waals surface area contributed by atoms with Crippen LogP contribution in [0.1, 0.15) is 18.4 Å². The van der Waals surface area contributed by atoms with Gasteiger partial charge in [0.2, 0.25) is 5.91 Å². The van der Waals surface area contributed by atoms with Crippen molar-refractivity contribution >= 4 is 11.9 Å². The van der Waals surface area contributed by atoms with Gasteiger partial charge in [0.15, 0.2) is 0 Å². The molecular weight excluding hydrogens is 216 g/mol. The number of imide groups is 1. The van der Waals surface area contributed by atoms with Crippen LogP contribution in [-0.2, 0) is 11.2 Å². The quantitative estimate of drug-likeness (QED) is 0.859. The van der Waals surface area contributed by atoms with E-state index in [0.717, 1.165) is 12.8 Å². The van der Waals surface area contributed by atoms with Gasteiger partial charge in [-0.3, -0.25) is 9.69 Å². The molecule has 1 aromatic carbocycles. The Kier molecular flexibility index (Phi) is 3.75. The molecule has 1 saturated heterocycles. The van der Waals surface area contributed by atoms with E-state index < -0.39 is 0 Å². The molecule has 4 nitrogen and oxygen atoms in total. The van der Waals surface area contributed by atoms with Crippen molar-refractivity contribution in [3.8, 4) is 0 Å². The highest BCUT2D eigenvalue weighted by Crippen LogP contribution is 2.09. The van der Waals surface area contributed by atoms with Crippen LogP contribution in [0.5, 0.6) is 0 Å². The van der Waals surface area contributed by atoms with E-state index in [4.69, 9.17) is 0 Å². The summed E-state index contributed by atoms with van der Waals surface area (Å²) in [6.07, 6.45) is 2.06. The van der Waals surface area contributed by atoms with Gasteiger partial charge >= 0.3 is 6.03 Å². The third kappa shape index (κ3) is 3.06. The molecule has 1 heterocycles. The molecule has 0 aromatic heterocycles. The second kappa shape index (κ2) is 5.48. The van der Waals surface area contributed by atoms with Gasteiger partial charge in [-0.2, -0.15) is 0 Å². The van der Waals surface area contributed by atoms with Crippen molar-refractivity contribution in [1.29, 1.82) is 0 Å². The number of benzene rings is 1. The predicted octanol–water partition coefficient (Wildman–Crippen LogP) is 1.56. The average Bonchev–Trinajstić information content (AvgIpc) is 2.77. The van der Waals surface area contributed by atoms with Gasteiger partial charge in [-0.25, -0.2) is 4.79 Å². The smallest absolute Gasteiger partial charge is 0.324 e. The number of urea groups is 1. The molecule has 0 unspecified atom stereocenters. The van der Waals surface area contributed by atoms with Crippen LogP contribution in [-0.4, -0.2) is 29.9 Å². The van der Waals surface area contributed by atoms with E-state index >= 15 is 0 Å². The van der Waals surface area contributed by atoms with E-state index in [1.165, 1.54) is 10.5 Å². The molecule has 0 atom stereocenters. The van der Waals surface area contributed by atoms with Crippen molar-refractivity contribution in [1.82, 2.24) is 10.2 Å². The first-order valence-electron chi connectivity index (χ1n) is 5.89. The molecule has 90 valence electrons. The molecule has 1 fully saturated rings. The van der Waals surface area contributed by atoms with Gasteiger partial charge in [0.1, 0.15) is 0 Å². The summed E-state index contributed by atoms with van der Waals surface area (Å²) in [5.41, 5.74) is 1.18. The zero-order valence-electron chi connectivity index (χ0n) is 9.69. The van der Waals surface area contributed by atoms with Gasteiger partial charge in [0.05, 0.1) is 0 Å². The number of rotatable bonds is 3. The molecule has 4 heteroatoms. The Balaban J connectivity index is 1.75. The number of hydrogen-bond acceptors (Lipinski definition) is 2. The van der Waals surface area contributed by atoms with E-state index in [2.05, 4.69) is 5.32 Å². The van der Waals surface area contributed by atoms with Gasteiger partial charge in [-0.1, -0.05) is 30.3 Å². The molecule has 1 aliphatic rings. The summed E-state index contributed by atoms with van der Waals surface area (Å²) in [6.45, 7) is 1.11. The monoisotopic (exact) mass is 232 g/mol. The predicted molar refractivity (Wildman–Crippen MR) is 64.5 cm³/mol. The zero-order valence-corrected chi connectivity index (χ0v) is 9.69. The van der Waals surface area contributed by atoms with Gasteiger partial charge in [0.25, 0.3) is 0 Å². The summed E-state index contributed by atoms with van der Waals surface area (Å²) in [4.78, 5) is 24.3. The second-order valence-corrected chi connectivity index (χ2v) is 4.12. The third-order valence-corrected chi connectivity index (χ3v) is 2.85. The van der Waals surface area contributed by atoms with Crippen molar-refractivity contribution < 1.29 is 9.59 Å². The van der Waals surface area contributed by atoms with Crippen LogP contribution >= 0.6 is 0 Å². The van der Waals surface area contributed by atoms with Gasteiger partial charge in [-0.15, -0.1) is 0 Å². The molecule has 3 amide bonds. The second-order valence-electron chi connectivity index (χ2n) is 4.12. The lowest BCUT2D eigenvalue weighted by atomic mass is 10.1. The fraction of sp³-hybridized carbons (Fsp3) is 0.385. The van der Waals surface area contributed by atoms with E-state index in [1.807, 2.05) is 30.3 Å². The standard InChI is InChI=1S/C13H16N2O2/c16-12-7-4-10-15(12)13(17)14-9-8-11-5-2-1-3-6-11/h1-3,5-6H,4,7-10H2,(H,14,17). The molecular formula is C13H16N2O2. The highest BCUT2D eigenvalue weighted by Gasteiger charge is 2.25. The van der Waals surface area contributed by atoms with E-state index in [9.17, 15) is 9.59 Å². The molecule has 2 rings (SSSR count). The fourth-order valence-electron chi connectivity index (χ4n) is 1.92. The largest absolute Gasteiger partial charge is 0.337 e. The van der Waals surface area contributed by atoms with Crippen molar-refractivity contribution in [2.24, 2.45) is 0 Å². The normalized spacial score (nSPS) is 15.1. The van der Waals surface area contributed by atoms with Crippen molar-refractivity contribution in [3.63, 3.8) is 0 Å². The van der Waals surface area contributed by atoms with Crippen LogP contribution in [0.15, 0.2) is 30.3 Å². The lowest BCUT2D eigenvalue weighted by Gasteiger charge is -2.14. The Hall–Kier alpha value is -1.84. The van der Waals surface area contributed by atoms with E-state index in [1.54, 1.807) is 0 Å². The number of nitrogens with one attached hydrogen (secondary N) is 1. The first-order valence-corrected chi connectivity index (χ1v) is 5.89. The van der Waals surface area contributed by atoms with Crippen LogP contribution in [0, 0.1) is 0 Å². The number of hydrogen-bond donors (Lipinski definition) is 1. The Bertz CT molecular complexity index is 403. The number of carbonyl (C=O) groups is 2. The minimum absolute atomic E-state index is 0.0674. The molecule has 0 aliphatic carbocycles. The molecule has 0 saturated carbocycles. The lowest BCUT2D eigenvalue weighted by molar-refractivity contribution is -0.125. The average molecular weight is 232 g/mol. The topological polar surface area (TPSA) is 49.4 Å². The van der Waals surface area contributed by atoms with Gasteiger partial charge in [0, 0.05) is 19.5 Å². The fourth-order valence-corrected chi connectivity index (χ4v) is 1.92. The van der Waals surface area contributed by atoms with Crippen molar-refractivity contribution in [2.45, 2.75) is 19.3 Å². The highest BCUT2D eigenvalue weighted by atomic mass is 16.2. The molecule has 17 heavy (non-hydrogen) atoms. The third-order valence-electron chi connectivity index (χ3n) is 2.85. The Morgan fingerprint density at radius 1 is 1.29 bits per heavy atom. The number of likely N-dealkylation sites (tertiary alicyclic amines) is 1. The lowest BCUT2D eigenvalue weighted by Crippen LogP contribution is -2.41. The minimum Gasteiger partial charge on any atom is -0.337 e. The first-order chi connectivity index (χ1) is 8.27. The van der Waals surface area contributed by atoms with Gasteiger partial charge in [-0.05, 0) is 18.4 Å². The SMILES string of the molecule is O=C1CCCN1C(=O)NCCc1ccccc1. The van der Waals surface area contributed by atoms with Crippen LogP contribution in [0.3, 0.4) is 0 Å².